The number of phosphoric ester groups is 1. The predicted molar refractivity (Wildman–Crippen MR) is 184 cm³/mol. The summed E-state index contributed by atoms with van der Waals surface area (Å²) >= 11 is 0. The fraction of sp³-hybridized carbons (Fsp3) is 0.686. The summed E-state index contributed by atoms with van der Waals surface area (Å²) in [5.74, 6) is -0.213. The Labute approximate surface area is 269 Å². The number of likely N-dealkylation sites (N-methyl/N-ethyl adjacent to an activating group) is 1. The van der Waals surface area contributed by atoms with E-state index in [9.17, 15) is 19.4 Å². The summed E-state index contributed by atoms with van der Waals surface area (Å²) in [5.41, 5.74) is 0. The third-order valence-corrected chi connectivity index (χ3v) is 7.76. The van der Waals surface area contributed by atoms with Gasteiger partial charge in [-0.2, -0.15) is 0 Å². The van der Waals surface area contributed by atoms with Crippen LogP contribution in [0, 0.1) is 0 Å². The third-order valence-electron chi connectivity index (χ3n) is 6.78. The monoisotopic (exact) mass is 639 g/mol. The van der Waals surface area contributed by atoms with Crippen molar-refractivity contribution in [3.05, 3.63) is 60.8 Å². The number of carbonyl (C=O) groups is 1. The Bertz CT molecular complexity index is 907. The van der Waals surface area contributed by atoms with Crippen molar-refractivity contribution in [1.82, 2.24) is 5.32 Å². The van der Waals surface area contributed by atoms with Gasteiger partial charge in [-0.05, 0) is 51.4 Å². The van der Waals surface area contributed by atoms with E-state index < -0.39 is 20.0 Å². The van der Waals surface area contributed by atoms with Gasteiger partial charge in [0.25, 0.3) is 0 Å². The third kappa shape index (κ3) is 28.9. The van der Waals surface area contributed by atoms with E-state index in [-0.39, 0.29) is 19.1 Å². The molecule has 254 valence electrons. The van der Waals surface area contributed by atoms with E-state index in [1.807, 2.05) is 21.1 Å². The quantitative estimate of drug-likeness (QED) is 0.0347. The van der Waals surface area contributed by atoms with Crippen molar-refractivity contribution in [2.75, 3.05) is 40.9 Å². The highest BCUT2D eigenvalue weighted by Crippen LogP contribution is 2.43. The number of amides is 1. The Kier molecular flexibility index (Phi) is 26.4. The topological polar surface area (TPSA) is 105 Å². The molecule has 3 atom stereocenters. The summed E-state index contributed by atoms with van der Waals surface area (Å²) in [4.78, 5) is 22.8. The number of hydrogen-bond donors (Lipinski definition) is 3. The van der Waals surface area contributed by atoms with E-state index in [4.69, 9.17) is 9.05 Å². The second-order valence-corrected chi connectivity index (χ2v) is 13.6. The van der Waals surface area contributed by atoms with Gasteiger partial charge in [-0.25, -0.2) is 4.57 Å². The number of phosphoric acid groups is 1. The van der Waals surface area contributed by atoms with E-state index in [1.54, 1.807) is 0 Å². The molecule has 0 aliphatic rings. The molecular weight excluding hydrogens is 575 g/mol. The van der Waals surface area contributed by atoms with E-state index in [0.29, 0.717) is 30.3 Å². The first kappa shape index (κ1) is 42.2. The van der Waals surface area contributed by atoms with Gasteiger partial charge < -0.3 is 19.8 Å². The van der Waals surface area contributed by atoms with Crippen LogP contribution in [0.15, 0.2) is 60.8 Å². The van der Waals surface area contributed by atoms with Gasteiger partial charge in [0.05, 0.1) is 39.9 Å². The molecule has 0 fully saturated rings. The maximum Gasteiger partial charge on any atom is 0.472 e. The number of carbonyl (C=O) groups excluding carboxylic acids is 1. The van der Waals surface area contributed by atoms with Crippen molar-refractivity contribution in [2.24, 2.45) is 0 Å². The highest BCUT2D eigenvalue weighted by molar-refractivity contribution is 7.47. The number of nitrogens with one attached hydrogen (secondary N) is 1. The van der Waals surface area contributed by atoms with Crippen LogP contribution < -0.4 is 5.32 Å². The van der Waals surface area contributed by atoms with Gasteiger partial charge in [0, 0.05) is 6.42 Å². The summed E-state index contributed by atoms with van der Waals surface area (Å²) in [6, 6.07) is -0.787. The molecule has 0 aromatic rings. The molecule has 0 heterocycles. The first-order valence-electron chi connectivity index (χ1n) is 16.7. The van der Waals surface area contributed by atoms with Crippen LogP contribution in [0.1, 0.15) is 104 Å². The number of allylic oxidation sites excluding steroid dienone is 10. The lowest BCUT2D eigenvalue weighted by Gasteiger charge is -2.26. The Morgan fingerprint density at radius 1 is 0.795 bits per heavy atom. The van der Waals surface area contributed by atoms with Crippen molar-refractivity contribution in [3.63, 3.8) is 0 Å². The number of quaternary nitrogens is 1. The second-order valence-electron chi connectivity index (χ2n) is 12.2. The van der Waals surface area contributed by atoms with Crippen molar-refractivity contribution in [2.45, 2.75) is 116 Å². The molecule has 0 radical (unpaired) electrons. The van der Waals surface area contributed by atoms with Gasteiger partial charge >= 0.3 is 7.82 Å². The zero-order valence-corrected chi connectivity index (χ0v) is 29.3. The van der Waals surface area contributed by atoms with E-state index >= 15 is 0 Å². The van der Waals surface area contributed by atoms with Gasteiger partial charge in [0.2, 0.25) is 5.91 Å². The fourth-order valence-corrected chi connectivity index (χ4v) is 4.81. The molecule has 0 saturated heterocycles. The molecule has 0 saturated carbocycles. The summed E-state index contributed by atoms with van der Waals surface area (Å²) in [5, 5.41) is 13.6. The largest absolute Gasteiger partial charge is 0.472 e. The van der Waals surface area contributed by atoms with Crippen molar-refractivity contribution < 1.29 is 32.9 Å². The molecule has 0 aliphatic heterocycles. The minimum atomic E-state index is -4.31. The van der Waals surface area contributed by atoms with Gasteiger partial charge in [-0.15, -0.1) is 0 Å². The van der Waals surface area contributed by atoms with Crippen molar-refractivity contribution in [3.8, 4) is 0 Å². The maximum atomic E-state index is 12.6. The summed E-state index contributed by atoms with van der Waals surface area (Å²) in [6.45, 7) is 4.58. The normalized spacial score (nSPS) is 15.7. The lowest BCUT2D eigenvalue weighted by atomic mass is 10.0. The second kappa shape index (κ2) is 27.5. The van der Waals surface area contributed by atoms with Gasteiger partial charge in [-0.3, -0.25) is 13.8 Å². The number of aliphatic hydroxyl groups excluding tert-OH is 1. The number of aliphatic hydroxyl groups is 1. The highest BCUT2D eigenvalue weighted by Gasteiger charge is 2.28. The molecule has 0 aromatic heterocycles. The molecule has 0 aliphatic carbocycles. The number of nitrogens with zero attached hydrogens (tertiary/aromatic N) is 1. The predicted octanol–water partition coefficient (Wildman–Crippen LogP) is 7.95. The molecule has 0 spiro atoms. The lowest BCUT2D eigenvalue weighted by Crippen LogP contribution is -2.46. The highest BCUT2D eigenvalue weighted by atomic mass is 31.2. The zero-order chi connectivity index (χ0) is 32.9. The molecule has 44 heavy (non-hydrogen) atoms. The van der Waals surface area contributed by atoms with E-state index in [0.717, 1.165) is 70.6 Å². The molecule has 1 amide bonds. The Morgan fingerprint density at radius 3 is 1.89 bits per heavy atom. The van der Waals surface area contributed by atoms with Crippen LogP contribution in [0.2, 0.25) is 0 Å². The molecular formula is C35H64N2O6P+. The first-order valence-corrected chi connectivity index (χ1v) is 18.1. The average molecular weight is 640 g/mol. The summed E-state index contributed by atoms with van der Waals surface area (Å²) in [6.07, 6.45) is 32.9. The van der Waals surface area contributed by atoms with Crippen LogP contribution in [-0.2, 0) is 18.4 Å². The molecule has 8 nitrogen and oxygen atoms in total. The van der Waals surface area contributed by atoms with Crippen molar-refractivity contribution in [1.29, 1.82) is 0 Å². The van der Waals surface area contributed by atoms with Crippen LogP contribution in [0.5, 0.6) is 0 Å². The molecule has 3 unspecified atom stereocenters. The minimum absolute atomic E-state index is 0.0596. The minimum Gasteiger partial charge on any atom is -0.391 e. The number of hydrogen-bond acceptors (Lipinski definition) is 5. The van der Waals surface area contributed by atoms with Crippen LogP contribution in [0.4, 0.5) is 0 Å². The number of rotatable bonds is 28. The van der Waals surface area contributed by atoms with Crippen molar-refractivity contribution >= 4 is 13.7 Å². The van der Waals surface area contributed by atoms with Crippen LogP contribution in [-0.4, -0.2) is 73.4 Å². The Hall–Kier alpha value is -1.80. The standard InChI is InChI=1S/C35H63N2O6P/c1-6-8-10-12-13-14-15-16-17-18-19-20-21-22-23-25-27-29-35(39)36-33(34(38)28-26-24-11-9-7-2)32-43-44(40,41)42-31-30-37(3,4)5/h8,10,13-14,16-17,19-20,22-23,33-34,38H,6-7,9,11-12,15,18,21,24-32H2,1-5H3,(H-,36,39,40,41)/p+1/b10-8-,14-13-,17-16-,20-19-,23-22-. The smallest absolute Gasteiger partial charge is 0.391 e. The fourth-order valence-electron chi connectivity index (χ4n) is 4.08. The maximum absolute atomic E-state index is 12.6. The Balaban J connectivity index is 4.50. The van der Waals surface area contributed by atoms with Gasteiger partial charge in [0.1, 0.15) is 13.2 Å². The molecule has 3 N–H and O–H groups in total. The molecule has 0 aromatic carbocycles. The van der Waals surface area contributed by atoms with Crippen LogP contribution in [0.25, 0.3) is 0 Å². The zero-order valence-electron chi connectivity index (χ0n) is 28.4. The van der Waals surface area contributed by atoms with Crippen LogP contribution >= 0.6 is 7.82 Å². The van der Waals surface area contributed by atoms with Gasteiger partial charge in [-0.1, -0.05) is 107 Å². The van der Waals surface area contributed by atoms with E-state index in [2.05, 4.69) is 79.9 Å². The van der Waals surface area contributed by atoms with Crippen LogP contribution in [0.3, 0.4) is 0 Å². The lowest BCUT2D eigenvalue weighted by molar-refractivity contribution is -0.870. The summed E-state index contributed by atoms with van der Waals surface area (Å²) in [7, 11) is 1.56. The first-order chi connectivity index (χ1) is 21.0. The SMILES string of the molecule is CC/C=C\C/C=C\C/C=C\C/C=C\C/C=C\CCCC(=O)NC(COP(=O)(O)OCC[N+](C)(C)C)C(O)CCCCCCC. The average Bonchev–Trinajstić information content (AvgIpc) is 2.95. The van der Waals surface area contributed by atoms with Gasteiger partial charge in [0.15, 0.2) is 0 Å². The van der Waals surface area contributed by atoms with E-state index in [1.165, 1.54) is 0 Å². The Morgan fingerprint density at radius 2 is 1.34 bits per heavy atom. The summed E-state index contributed by atoms with van der Waals surface area (Å²) < 4.78 is 23.2. The molecule has 0 bridgehead atoms. The molecule has 0 rings (SSSR count). The molecule has 9 heteroatoms. The number of unbranched alkanes of at least 4 members (excludes halogenated alkanes) is 5.